The third-order valence-electron chi connectivity index (χ3n) is 5.47. The van der Waals surface area contributed by atoms with Crippen LogP contribution in [-0.2, 0) is 17.1 Å². The number of benzene rings is 2. The molecule has 1 amide bonds. The molecule has 8 nitrogen and oxygen atoms in total. The molecule has 1 aliphatic rings. The molecule has 1 fully saturated rings. The normalized spacial score (nSPS) is 15.0. The van der Waals surface area contributed by atoms with E-state index in [2.05, 4.69) is 15.3 Å². The molecule has 2 heterocycles. The van der Waals surface area contributed by atoms with Gasteiger partial charge in [0.1, 0.15) is 5.82 Å². The Morgan fingerprint density at radius 3 is 2.39 bits per heavy atom. The molecule has 174 valence electrons. The SMILES string of the molecule is Cc1cc(NC(=O)c2cn(C)nc2S(=O)(=O)N2CCN(c3ccc(Cl)cc3)CC2)ccc1F. The minimum atomic E-state index is -4.00. The van der Waals surface area contributed by atoms with Crippen molar-refractivity contribution in [3.05, 3.63) is 70.6 Å². The molecular formula is C22H23ClFN5O3S. The molecule has 0 spiro atoms. The first-order chi connectivity index (χ1) is 15.6. The van der Waals surface area contributed by atoms with Gasteiger partial charge in [-0.05, 0) is 55.0 Å². The molecule has 0 radical (unpaired) electrons. The fraction of sp³-hybridized carbons (Fsp3) is 0.273. The first-order valence-electron chi connectivity index (χ1n) is 10.3. The lowest BCUT2D eigenvalue weighted by Gasteiger charge is -2.35. The Kier molecular flexibility index (Phi) is 6.42. The van der Waals surface area contributed by atoms with Crippen LogP contribution < -0.4 is 10.2 Å². The summed E-state index contributed by atoms with van der Waals surface area (Å²) >= 11 is 5.95. The van der Waals surface area contributed by atoms with Crippen LogP contribution in [0.1, 0.15) is 15.9 Å². The van der Waals surface area contributed by atoms with Crippen LogP contribution in [0, 0.1) is 12.7 Å². The third-order valence-corrected chi connectivity index (χ3v) is 7.56. The molecule has 0 unspecified atom stereocenters. The van der Waals surface area contributed by atoms with E-state index >= 15 is 0 Å². The molecule has 2 aromatic carbocycles. The van der Waals surface area contributed by atoms with E-state index in [-0.39, 0.29) is 23.7 Å². The Morgan fingerprint density at radius 2 is 1.76 bits per heavy atom. The van der Waals surface area contributed by atoms with Crippen LogP contribution in [0.5, 0.6) is 0 Å². The van der Waals surface area contributed by atoms with Crippen molar-refractivity contribution < 1.29 is 17.6 Å². The predicted molar refractivity (Wildman–Crippen MR) is 125 cm³/mol. The van der Waals surface area contributed by atoms with Crippen molar-refractivity contribution in [2.24, 2.45) is 7.05 Å². The van der Waals surface area contributed by atoms with Crippen LogP contribution in [0.15, 0.2) is 53.7 Å². The third kappa shape index (κ3) is 4.87. The smallest absolute Gasteiger partial charge is 0.263 e. The predicted octanol–water partition coefficient (Wildman–Crippen LogP) is 3.28. The molecule has 0 bridgehead atoms. The highest BCUT2D eigenvalue weighted by Crippen LogP contribution is 2.24. The van der Waals surface area contributed by atoms with Crippen LogP contribution in [-0.4, -0.2) is 54.6 Å². The van der Waals surface area contributed by atoms with Crippen LogP contribution in [0.3, 0.4) is 0 Å². The number of nitrogens with one attached hydrogen (secondary N) is 1. The maximum absolute atomic E-state index is 13.5. The van der Waals surface area contributed by atoms with Crippen LogP contribution in [0.2, 0.25) is 5.02 Å². The molecule has 33 heavy (non-hydrogen) atoms. The Hall–Kier alpha value is -2.95. The summed E-state index contributed by atoms with van der Waals surface area (Å²) < 4.78 is 42.8. The van der Waals surface area contributed by atoms with E-state index in [1.165, 1.54) is 33.4 Å². The molecule has 0 atom stereocenters. The number of carbonyl (C=O) groups excluding carboxylic acids is 1. The van der Waals surface area contributed by atoms with E-state index < -0.39 is 21.7 Å². The summed E-state index contributed by atoms with van der Waals surface area (Å²) in [5.74, 6) is -1.03. The maximum Gasteiger partial charge on any atom is 0.263 e. The van der Waals surface area contributed by atoms with Crippen LogP contribution in [0.4, 0.5) is 15.8 Å². The van der Waals surface area contributed by atoms with Crippen molar-refractivity contribution in [1.82, 2.24) is 14.1 Å². The molecule has 1 aromatic heterocycles. The Labute approximate surface area is 196 Å². The highest BCUT2D eigenvalue weighted by atomic mass is 35.5. The monoisotopic (exact) mass is 491 g/mol. The number of halogens is 2. The molecule has 1 N–H and O–H groups in total. The number of hydrogen-bond donors (Lipinski definition) is 1. The van der Waals surface area contributed by atoms with Gasteiger partial charge in [0.15, 0.2) is 0 Å². The summed E-state index contributed by atoms with van der Waals surface area (Å²) in [5.41, 5.74) is 1.62. The second-order valence-corrected chi connectivity index (χ2v) is 10.1. The minimum absolute atomic E-state index is 0.0698. The molecule has 4 rings (SSSR count). The van der Waals surface area contributed by atoms with Crippen LogP contribution in [0.25, 0.3) is 0 Å². The number of carbonyl (C=O) groups is 1. The number of anilines is 2. The van der Waals surface area contributed by atoms with E-state index in [0.29, 0.717) is 29.4 Å². The van der Waals surface area contributed by atoms with E-state index in [9.17, 15) is 17.6 Å². The lowest BCUT2D eigenvalue weighted by molar-refractivity contribution is 0.102. The van der Waals surface area contributed by atoms with E-state index in [4.69, 9.17) is 11.6 Å². The Balaban J connectivity index is 1.52. The quantitative estimate of drug-likeness (QED) is 0.591. The standard InChI is InChI=1S/C22H23ClFN5O3S/c1-15-13-17(5-8-20(15)24)25-21(30)19-14-27(2)26-22(19)33(31,32)29-11-9-28(10-12-29)18-6-3-16(23)4-7-18/h3-8,13-14H,9-12H2,1-2H3,(H,25,30). The van der Waals surface area contributed by atoms with Gasteiger partial charge in [-0.1, -0.05) is 11.6 Å². The van der Waals surface area contributed by atoms with Crippen molar-refractivity contribution in [3.63, 3.8) is 0 Å². The van der Waals surface area contributed by atoms with Gasteiger partial charge >= 0.3 is 0 Å². The highest BCUT2D eigenvalue weighted by Gasteiger charge is 2.34. The van der Waals surface area contributed by atoms with Gasteiger partial charge in [-0.15, -0.1) is 0 Å². The van der Waals surface area contributed by atoms with Gasteiger partial charge in [-0.25, -0.2) is 12.8 Å². The average molecular weight is 492 g/mol. The fourth-order valence-electron chi connectivity index (χ4n) is 3.70. The van der Waals surface area contributed by atoms with Crippen LogP contribution >= 0.6 is 11.6 Å². The molecule has 3 aromatic rings. The average Bonchev–Trinajstić information content (AvgIpc) is 3.20. The zero-order valence-electron chi connectivity index (χ0n) is 18.1. The van der Waals surface area contributed by atoms with Gasteiger partial charge < -0.3 is 10.2 Å². The van der Waals surface area contributed by atoms with Gasteiger partial charge in [-0.3, -0.25) is 9.48 Å². The Bertz CT molecular complexity index is 1290. The number of hydrogen-bond acceptors (Lipinski definition) is 5. The van der Waals surface area contributed by atoms with Gasteiger partial charge in [0.2, 0.25) is 5.03 Å². The second-order valence-electron chi connectivity index (χ2n) is 7.81. The molecule has 11 heteroatoms. The summed E-state index contributed by atoms with van der Waals surface area (Å²) in [4.78, 5) is 15.0. The Morgan fingerprint density at radius 1 is 1.09 bits per heavy atom. The number of aromatic nitrogens is 2. The van der Waals surface area contributed by atoms with Gasteiger partial charge in [0, 0.05) is 55.8 Å². The lowest BCUT2D eigenvalue weighted by Crippen LogP contribution is -2.49. The van der Waals surface area contributed by atoms with Gasteiger partial charge in [0.05, 0.1) is 5.56 Å². The van der Waals surface area contributed by atoms with E-state index in [0.717, 1.165) is 5.69 Å². The number of aryl methyl sites for hydroxylation is 2. The fourth-order valence-corrected chi connectivity index (χ4v) is 5.37. The number of sulfonamides is 1. The van der Waals surface area contributed by atoms with Crippen molar-refractivity contribution in [2.75, 3.05) is 36.4 Å². The molecule has 1 saturated heterocycles. The summed E-state index contributed by atoms with van der Waals surface area (Å²) in [6.07, 6.45) is 1.36. The minimum Gasteiger partial charge on any atom is -0.369 e. The van der Waals surface area contributed by atoms with E-state index in [1.54, 1.807) is 26.1 Å². The van der Waals surface area contributed by atoms with Crippen molar-refractivity contribution >= 4 is 38.9 Å². The second kappa shape index (κ2) is 9.12. The number of amides is 1. The summed E-state index contributed by atoms with van der Waals surface area (Å²) in [7, 11) is -2.45. The molecule has 0 saturated carbocycles. The zero-order chi connectivity index (χ0) is 23.8. The van der Waals surface area contributed by atoms with Gasteiger partial charge in [0.25, 0.3) is 15.9 Å². The van der Waals surface area contributed by atoms with Crippen molar-refractivity contribution in [1.29, 1.82) is 0 Å². The van der Waals surface area contributed by atoms with Crippen molar-refractivity contribution in [2.45, 2.75) is 11.9 Å². The topological polar surface area (TPSA) is 87.5 Å². The maximum atomic E-state index is 13.5. The molecule has 1 aliphatic heterocycles. The number of piperazine rings is 1. The highest BCUT2D eigenvalue weighted by molar-refractivity contribution is 7.89. The summed E-state index contributed by atoms with van der Waals surface area (Å²) in [5, 5.41) is 7.04. The zero-order valence-corrected chi connectivity index (χ0v) is 19.7. The summed E-state index contributed by atoms with van der Waals surface area (Å²) in [6.45, 7) is 3.06. The molecular weight excluding hydrogens is 469 g/mol. The first-order valence-corrected chi connectivity index (χ1v) is 12.1. The number of nitrogens with zero attached hydrogens (tertiary/aromatic N) is 4. The van der Waals surface area contributed by atoms with Gasteiger partial charge in [-0.2, -0.15) is 9.40 Å². The van der Waals surface area contributed by atoms with E-state index in [1.807, 2.05) is 12.1 Å². The summed E-state index contributed by atoms with van der Waals surface area (Å²) in [6, 6.07) is 11.5. The number of rotatable bonds is 5. The first kappa shape index (κ1) is 23.2. The van der Waals surface area contributed by atoms with Crippen molar-refractivity contribution in [3.8, 4) is 0 Å². The largest absolute Gasteiger partial charge is 0.369 e. The lowest BCUT2D eigenvalue weighted by atomic mass is 10.2. The molecule has 0 aliphatic carbocycles.